The highest BCUT2D eigenvalue weighted by atomic mass is 16.3. The summed E-state index contributed by atoms with van der Waals surface area (Å²) in [5, 5.41) is 19.3. The summed E-state index contributed by atoms with van der Waals surface area (Å²) in [6.45, 7) is 8.63. The Hall–Kier alpha value is -0.740. The Kier molecular flexibility index (Phi) is 5.90. The SMILES string of the molecule is CC(CO)CCC(=O)C(C)C1C(=O)CC2CC3CC(O)CCC3(C)CC21C. The van der Waals surface area contributed by atoms with E-state index >= 15 is 0 Å². The Balaban J connectivity index is 1.77. The molecule has 3 aliphatic rings. The maximum Gasteiger partial charge on any atom is 0.137 e. The molecule has 2 N–H and O–H groups in total. The molecule has 0 bridgehead atoms. The normalized spacial score (nSPS) is 43.7. The summed E-state index contributed by atoms with van der Waals surface area (Å²) in [5.41, 5.74) is 0.0871. The van der Waals surface area contributed by atoms with Gasteiger partial charge >= 0.3 is 0 Å². The third-order valence-corrected chi connectivity index (χ3v) is 8.59. The number of hydrogen-bond donors (Lipinski definition) is 2. The number of carbonyl (C=O) groups is 2. The molecule has 4 heteroatoms. The van der Waals surface area contributed by atoms with Crippen LogP contribution in [0.1, 0.15) is 79.1 Å². The van der Waals surface area contributed by atoms with Gasteiger partial charge in [-0.1, -0.05) is 27.7 Å². The molecule has 0 spiro atoms. The van der Waals surface area contributed by atoms with Crippen LogP contribution < -0.4 is 0 Å². The number of ketones is 2. The second-order valence-corrected chi connectivity index (χ2v) is 10.6. The van der Waals surface area contributed by atoms with Crippen molar-refractivity contribution in [3.63, 3.8) is 0 Å². The summed E-state index contributed by atoms with van der Waals surface area (Å²) >= 11 is 0. The molecule has 0 amide bonds. The van der Waals surface area contributed by atoms with E-state index in [0.29, 0.717) is 31.1 Å². The monoisotopic (exact) mass is 378 g/mol. The van der Waals surface area contributed by atoms with Gasteiger partial charge in [-0.15, -0.1) is 0 Å². The van der Waals surface area contributed by atoms with Gasteiger partial charge in [0.15, 0.2) is 0 Å². The molecule has 0 aromatic rings. The van der Waals surface area contributed by atoms with Gasteiger partial charge < -0.3 is 10.2 Å². The Morgan fingerprint density at radius 3 is 2.59 bits per heavy atom. The zero-order valence-electron chi connectivity index (χ0n) is 17.5. The van der Waals surface area contributed by atoms with E-state index in [1.54, 1.807) is 0 Å². The van der Waals surface area contributed by atoms with Crippen LogP contribution in [0.3, 0.4) is 0 Å². The first-order valence-electron chi connectivity index (χ1n) is 10.9. The summed E-state index contributed by atoms with van der Waals surface area (Å²) in [6.07, 6.45) is 6.35. The lowest BCUT2D eigenvalue weighted by Gasteiger charge is -2.56. The average molecular weight is 379 g/mol. The largest absolute Gasteiger partial charge is 0.396 e. The van der Waals surface area contributed by atoms with Gasteiger partial charge in [0.2, 0.25) is 0 Å². The number of hydrogen-bond acceptors (Lipinski definition) is 4. The predicted molar refractivity (Wildman–Crippen MR) is 105 cm³/mol. The molecule has 0 heterocycles. The highest BCUT2D eigenvalue weighted by Crippen LogP contribution is 2.65. The fourth-order valence-electron chi connectivity index (χ4n) is 6.83. The molecule has 3 rings (SSSR count). The third-order valence-electron chi connectivity index (χ3n) is 8.59. The molecule has 0 aromatic heterocycles. The molecular weight excluding hydrogens is 340 g/mol. The molecule has 0 aromatic carbocycles. The van der Waals surface area contributed by atoms with Gasteiger partial charge in [0.05, 0.1) is 6.10 Å². The van der Waals surface area contributed by atoms with Crippen molar-refractivity contribution in [2.45, 2.75) is 85.2 Å². The van der Waals surface area contributed by atoms with Crippen molar-refractivity contribution in [2.75, 3.05) is 6.61 Å². The molecule has 154 valence electrons. The molecule has 8 unspecified atom stereocenters. The number of carbonyl (C=O) groups excluding carboxylic acids is 2. The van der Waals surface area contributed by atoms with Crippen molar-refractivity contribution in [2.24, 2.45) is 40.4 Å². The van der Waals surface area contributed by atoms with E-state index < -0.39 is 0 Å². The van der Waals surface area contributed by atoms with E-state index in [1.165, 1.54) is 0 Å². The van der Waals surface area contributed by atoms with E-state index in [0.717, 1.165) is 32.1 Å². The van der Waals surface area contributed by atoms with Crippen molar-refractivity contribution in [1.82, 2.24) is 0 Å². The molecule has 4 nitrogen and oxygen atoms in total. The zero-order chi connectivity index (χ0) is 20.0. The van der Waals surface area contributed by atoms with Crippen LogP contribution >= 0.6 is 0 Å². The van der Waals surface area contributed by atoms with Crippen molar-refractivity contribution >= 4 is 11.6 Å². The van der Waals surface area contributed by atoms with Crippen LogP contribution in [0.2, 0.25) is 0 Å². The summed E-state index contributed by atoms with van der Waals surface area (Å²) in [6, 6.07) is 0. The van der Waals surface area contributed by atoms with Crippen LogP contribution in [0.15, 0.2) is 0 Å². The smallest absolute Gasteiger partial charge is 0.137 e. The summed E-state index contributed by atoms with van der Waals surface area (Å²) < 4.78 is 0. The number of Topliss-reactive ketones (excluding diaryl/α,β-unsaturated/α-hetero) is 2. The lowest BCUT2D eigenvalue weighted by molar-refractivity contribution is -0.137. The maximum absolute atomic E-state index is 13.0. The van der Waals surface area contributed by atoms with Gasteiger partial charge in [-0.2, -0.15) is 0 Å². The Morgan fingerprint density at radius 2 is 1.93 bits per heavy atom. The highest BCUT2D eigenvalue weighted by molar-refractivity contribution is 5.92. The average Bonchev–Trinajstić information content (AvgIpc) is 2.85. The Labute approximate surface area is 164 Å². The van der Waals surface area contributed by atoms with E-state index in [9.17, 15) is 19.8 Å². The molecule has 27 heavy (non-hydrogen) atoms. The number of aliphatic hydroxyl groups excluding tert-OH is 2. The van der Waals surface area contributed by atoms with Crippen LogP contribution in [0.25, 0.3) is 0 Å². The van der Waals surface area contributed by atoms with Gasteiger partial charge in [0, 0.05) is 31.3 Å². The van der Waals surface area contributed by atoms with Crippen LogP contribution in [0.5, 0.6) is 0 Å². The van der Waals surface area contributed by atoms with Crippen molar-refractivity contribution in [3.8, 4) is 0 Å². The van der Waals surface area contributed by atoms with E-state index in [4.69, 9.17) is 0 Å². The first kappa shape index (κ1) is 21.0. The first-order chi connectivity index (χ1) is 12.6. The quantitative estimate of drug-likeness (QED) is 0.738. The topological polar surface area (TPSA) is 74.6 Å². The van der Waals surface area contributed by atoms with Crippen LogP contribution in [-0.2, 0) is 9.59 Å². The first-order valence-corrected chi connectivity index (χ1v) is 10.9. The molecule has 3 saturated carbocycles. The minimum absolute atomic E-state index is 0.0949. The molecule has 8 atom stereocenters. The van der Waals surface area contributed by atoms with E-state index in [1.807, 2.05) is 13.8 Å². The lowest BCUT2D eigenvalue weighted by Crippen LogP contribution is -2.50. The third kappa shape index (κ3) is 3.76. The summed E-state index contributed by atoms with van der Waals surface area (Å²) in [4.78, 5) is 25.9. The zero-order valence-corrected chi connectivity index (χ0v) is 17.5. The number of aliphatic hydroxyl groups is 2. The number of fused-ring (bicyclic) bond motifs is 2. The summed E-state index contributed by atoms with van der Waals surface area (Å²) in [7, 11) is 0. The second kappa shape index (κ2) is 7.59. The highest BCUT2D eigenvalue weighted by Gasteiger charge is 2.61. The second-order valence-electron chi connectivity index (χ2n) is 10.6. The molecular formula is C23H38O4. The maximum atomic E-state index is 13.0. The van der Waals surface area contributed by atoms with Gasteiger partial charge in [0.25, 0.3) is 0 Å². The van der Waals surface area contributed by atoms with Crippen molar-refractivity contribution in [3.05, 3.63) is 0 Å². The van der Waals surface area contributed by atoms with E-state index in [2.05, 4.69) is 13.8 Å². The lowest BCUT2D eigenvalue weighted by atomic mass is 9.48. The number of rotatable bonds is 6. The van der Waals surface area contributed by atoms with Crippen molar-refractivity contribution < 1.29 is 19.8 Å². The van der Waals surface area contributed by atoms with Gasteiger partial charge in [0.1, 0.15) is 11.6 Å². The molecule has 3 fully saturated rings. The Morgan fingerprint density at radius 1 is 1.22 bits per heavy atom. The molecule has 0 saturated heterocycles. The van der Waals surface area contributed by atoms with Crippen LogP contribution in [0.4, 0.5) is 0 Å². The van der Waals surface area contributed by atoms with Gasteiger partial charge in [-0.05, 0) is 67.1 Å². The molecule has 0 aliphatic heterocycles. The fraction of sp³-hybridized carbons (Fsp3) is 0.913. The fourth-order valence-corrected chi connectivity index (χ4v) is 6.83. The summed E-state index contributed by atoms with van der Waals surface area (Å²) in [5.74, 6) is 1.05. The minimum atomic E-state index is -0.229. The van der Waals surface area contributed by atoms with E-state index in [-0.39, 0.29) is 52.9 Å². The molecule has 3 aliphatic carbocycles. The van der Waals surface area contributed by atoms with Gasteiger partial charge in [-0.25, -0.2) is 0 Å². The Bertz CT molecular complexity index is 587. The van der Waals surface area contributed by atoms with Crippen LogP contribution in [0, 0.1) is 40.4 Å². The van der Waals surface area contributed by atoms with Gasteiger partial charge in [-0.3, -0.25) is 9.59 Å². The molecule has 0 radical (unpaired) electrons. The minimum Gasteiger partial charge on any atom is -0.396 e. The van der Waals surface area contributed by atoms with Crippen LogP contribution in [-0.4, -0.2) is 34.5 Å². The standard InChI is InChI=1S/C23H38O4/c1-14(12-24)5-6-19(26)15(2)21-20(27)11-17-9-16-10-18(25)7-8-22(16,3)13-23(17,21)4/h14-18,21,24-25H,5-13H2,1-4H3. The predicted octanol–water partition coefficient (Wildman–Crippen LogP) is 3.77. The van der Waals surface area contributed by atoms with Crippen molar-refractivity contribution in [1.29, 1.82) is 0 Å².